The molecule has 0 spiro atoms. The minimum atomic E-state index is -0.399. The van der Waals surface area contributed by atoms with E-state index in [2.05, 4.69) is 0 Å². The number of methoxy groups -OCH3 is 1. The van der Waals surface area contributed by atoms with Gasteiger partial charge >= 0.3 is 5.97 Å². The predicted molar refractivity (Wildman–Crippen MR) is 63.7 cm³/mol. The molecule has 0 N–H and O–H groups in total. The van der Waals surface area contributed by atoms with Crippen LogP contribution < -0.4 is 4.74 Å². The van der Waals surface area contributed by atoms with Crippen LogP contribution in [-0.4, -0.2) is 19.7 Å². The Labute approximate surface area is 99.6 Å². The zero-order valence-corrected chi connectivity index (χ0v) is 9.95. The molecule has 16 heavy (non-hydrogen) atoms. The first-order chi connectivity index (χ1) is 7.69. The lowest BCUT2D eigenvalue weighted by Gasteiger charge is -2.05. The molecule has 3 nitrogen and oxygen atoms in total. The Hall–Kier alpha value is -1.48. The van der Waals surface area contributed by atoms with Crippen LogP contribution in [0.25, 0.3) is 6.08 Å². The number of esters is 1. The van der Waals surface area contributed by atoms with Gasteiger partial charge in [-0.05, 0) is 25.1 Å². The van der Waals surface area contributed by atoms with E-state index in [0.717, 1.165) is 0 Å². The molecule has 0 aromatic heterocycles. The molecule has 1 aromatic carbocycles. The van der Waals surface area contributed by atoms with E-state index < -0.39 is 5.97 Å². The second-order valence-electron chi connectivity index (χ2n) is 2.94. The number of hydrogen-bond acceptors (Lipinski definition) is 3. The molecule has 0 saturated heterocycles. The number of carbonyl (C=O) groups excluding carboxylic acids is 1. The van der Waals surface area contributed by atoms with E-state index in [-0.39, 0.29) is 0 Å². The second-order valence-corrected chi connectivity index (χ2v) is 3.35. The second kappa shape index (κ2) is 6.18. The molecule has 0 aliphatic rings. The molecule has 86 valence electrons. The van der Waals surface area contributed by atoms with Gasteiger partial charge in [0.1, 0.15) is 5.75 Å². The van der Waals surface area contributed by atoms with Gasteiger partial charge in [-0.1, -0.05) is 17.7 Å². The maximum atomic E-state index is 11.1. The standard InChI is InChI=1S/C12H13ClO3/c1-3-16-12(14)8-7-9-10(13)5-4-6-11(9)15-2/h4-8H,3H2,1-2H3. The summed E-state index contributed by atoms with van der Waals surface area (Å²) in [5.74, 6) is 0.220. The third-order valence-electron chi connectivity index (χ3n) is 1.91. The van der Waals surface area contributed by atoms with Crippen molar-refractivity contribution in [3.8, 4) is 5.75 Å². The summed E-state index contributed by atoms with van der Waals surface area (Å²) in [6.45, 7) is 2.10. The Kier molecular flexibility index (Phi) is 4.86. The van der Waals surface area contributed by atoms with Crippen molar-refractivity contribution in [1.29, 1.82) is 0 Å². The van der Waals surface area contributed by atoms with Gasteiger partial charge in [0.2, 0.25) is 0 Å². The molecule has 0 bridgehead atoms. The molecule has 0 amide bonds. The quantitative estimate of drug-likeness (QED) is 0.600. The van der Waals surface area contributed by atoms with Crippen LogP contribution in [0.15, 0.2) is 24.3 Å². The summed E-state index contributed by atoms with van der Waals surface area (Å²) in [7, 11) is 1.55. The van der Waals surface area contributed by atoms with Crippen molar-refractivity contribution in [2.45, 2.75) is 6.92 Å². The molecule has 1 aromatic rings. The number of carbonyl (C=O) groups is 1. The Morgan fingerprint density at radius 2 is 2.25 bits per heavy atom. The molecule has 0 atom stereocenters. The van der Waals surface area contributed by atoms with Crippen LogP contribution in [0.4, 0.5) is 0 Å². The van der Waals surface area contributed by atoms with E-state index in [0.29, 0.717) is 22.9 Å². The Bertz CT molecular complexity index is 399. The third-order valence-corrected chi connectivity index (χ3v) is 2.24. The summed E-state index contributed by atoms with van der Waals surface area (Å²) in [6.07, 6.45) is 2.91. The molecule has 1 rings (SSSR count). The predicted octanol–water partition coefficient (Wildman–Crippen LogP) is 2.92. The highest BCUT2D eigenvalue weighted by molar-refractivity contribution is 6.32. The maximum Gasteiger partial charge on any atom is 0.330 e. The van der Waals surface area contributed by atoms with Gasteiger partial charge in [-0.3, -0.25) is 0 Å². The monoisotopic (exact) mass is 240 g/mol. The van der Waals surface area contributed by atoms with Gasteiger partial charge in [0.05, 0.1) is 18.7 Å². The molecule has 0 fully saturated rings. The average Bonchev–Trinajstić information content (AvgIpc) is 2.27. The van der Waals surface area contributed by atoms with Gasteiger partial charge in [-0.15, -0.1) is 0 Å². The van der Waals surface area contributed by atoms with Crippen molar-refractivity contribution in [2.75, 3.05) is 13.7 Å². The molecule has 0 aliphatic heterocycles. The fraction of sp³-hybridized carbons (Fsp3) is 0.250. The lowest BCUT2D eigenvalue weighted by molar-refractivity contribution is -0.137. The lowest BCUT2D eigenvalue weighted by Crippen LogP contribution is -1.98. The van der Waals surface area contributed by atoms with Crippen molar-refractivity contribution in [1.82, 2.24) is 0 Å². The number of benzene rings is 1. The fourth-order valence-electron chi connectivity index (χ4n) is 1.20. The summed E-state index contributed by atoms with van der Waals surface area (Å²) in [5.41, 5.74) is 0.666. The van der Waals surface area contributed by atoms with E-state index in [9.17, 15) is 4.79 Å². The van der Waals surface area contributed by atoms with Crippen LogP contribution in [0, 0.1) is 0 Å². The SMILES string of the molecule is CCOC(=O)C=Cc1c(Cl)cccc1OC. The molecule has 0 unspecified atom stereocenters. The molecule has 0 radical (unpaired) electrons. The Balaban J connectivity index is 2.91. The van der Waals surface area contributed by atoms with Crippen molar-refractivity contribution in [2.24, 2.45) is 0 Å². The van der Waals surface area contributed by atoms with E-state index in [4.69, 9.17) is 21.1 Å². The van der Waals surface area contributed by atoms with Gasteiger partial charge in [-0.25, -0.2) is 4.79 Å². The van der Waals surface area contributed by atoms with Crippen molar-refractivity contribution >= 4 is 23.6 Å². The highest BCUT2D eigenvalue weighted by Gasteiger charge is 2.04. The summed E-state index contributed by atoms with van der Waals surface area (Å²) in [6, 6.07) is 5.29. The van der Waals surface area contributed by atoms with E-state index in [1.54, 1.807) is 38.3 Å². The number of rotatable bonds is 4. The molecule has 0 saturated carbocycles. The molecule has 0 aliphatic carbocycles. The minimum Gasteiger partial charge on any atom is -0.496 e. The maximum absolute atomic E-state index is 11.1. The van der Waals surface area contributed by atoms with Gasteiger partial charge in [0.25, 0.3) is 0 Å². The smallest absolute Gasteiger partial charge is 0.330 e. The summed E-state index contributed by atoms with van der Waals surface area (Å²) >= 11 is 5.99. The number of ether oxygens (including phenoxy) is 2. The van der Waals surface area contributed by atoms with Crippen LogP contribution in [0.3, 0.4) is 0 Å². The molecular formula is C12H13ClO3. The molecule has 0 heterocycles. The third kappa shape index (κ3) is 3.28. The van der Waals surface area contributed by atoms with Gasteiger partial charge in [0, 0.05) is 11.6 Å². The first kappa shape index (κ1) is 12.6. The van der Waals surface area contributed by atoms with Gasteiger partial charge < -0.3 is 9.47 Å². The lowest BCUT2D eigenvalue weighted by atomic mass is 10.2. The highest BCUT2D eigenvalue weighted by Crippen LogP contribution is 2.27. The largest absolute Gasteiger partial charge is 0.496 e. The van der Waals surface area contributed by atoms with Gasteiger partial charge in [-0.2, -0.15) is 0 Å². The number of hydrogen-bond donors (Lipinski definition) is 0. The zero-order chi connectivity index (χ0) is 12.0. The molecule has 4 heteroatoms. The van der Waals surface area contributed by atoms with E-state index in [1.165, 1.54) is 6.08 Å². The summed E-state index contributed by atoms with van der Waals surface area (Å²) in [4.78, 5) is 11.1. The minimum absolute atomic E-state index is 0.350. The average molecular weight is 241 g/mol. The van der Waals surface area contributed by atoms with Crippen molar-refractivity contribution in [3.05, 3.63) is 34.9 Å². The van der Waals surface area contributed by atoms with Crippen LogP contribution in [0.2, 0.25) is 5.02 Å². The van der Waals surface area contributed by atoms with Gasteiger partial charge in [0.15, 0.2) is 0 Å². The van der Waals surface area contributed by atoms with E-state index in [1.807, 2.05) is 0 Å². The zero-order valence-electron chi connectivity index (χ0n) is 9.20. The first-order valence-electron chi connectivity index (χ1n) is 4.86. The topological polar surface area (TPSA) is 35.5 Å². The van der Waals surface area contributed by atoms with Crippen molar-refractivity contribution in [3.63, 3.8) is 0 Å². The van der Waals surface area contributed by atoms with Crippen molar-refractivity contribution < 1.29 is 14.3 Å². The van der Waals surface area contributed by atoms with Crippen LogP contribution in [-0.2, 0) is 9.53 Å². The fourth-order valence-corrected chi connectivity index (χ4v) is 1.43. The Morgan fingerprint density at radius 3 is 2.88 bits per heavy atom. The first-order valence-corrected chi connectivity index (χ1v) is 5.24. The van der Waals surface area contributed by atoms with Crippen LogP contribution in [0.5, 0.6) is 5.75 Å². The molecular weight excluding hydrogens is 228 g/mol. The normalized spacial score (nSPS) is 10.4. The van der Waals surface area contributed by atoms with Crippen LogP contribution >= 0.6 is 11.6 Å². The number of halogens is 1. The van der Waals surface area contributed by atoms with Crippen LogP contribution in [0.1, 0.15) is 12.5 Å². The summed E-state index contributed by atoms with van der Waals surface area (Å²) in [5, 5.41) is 0.528. The Morgan fingerprint density at radius 1 is 1.50 bits per heavy atom. The highest BCUT2D eigenvalue weighted by atomic mass is 35.5. The van der Waals surface area contributed by atoms with E-state index >= 15 is 0 Å². The summed E-state index contributed by atoms with van der Waals surface area (Å²) < 4.78 is 9.90.